The molecule has 0 aliphatic carbocycles. The van der Waals surface area contributed by atoms with E-state index < -0.39 is 23.6 Å². The summed E-state index contributed by atoms with van der Waals surface area (Å²) in [5, 5.41) is 2.54. The minimum absolute atomic E-state index is 0.0471. The van der Waals surface area contributed by atoms with Crippen LogP contribution in [0.25, 0.3) is 0 Å². The van der Waals surface area contributed by atoms with E-state index in [-0.39, 0.29) is 12.6 Å². The maximum Gasteiger partial charge on any atom is 0.437 e. The lowest BCUT2D eigenvalue weighted by Gasteiger charge is -2.03. The van der Waals surface area contributed by atoms with Gasteiger partial charge in [-0.15, -0.1) is 0 Å². The van der Waals surface area contributed by atoms with Gasteiger partial charge in [0.25, 0.3) is 6.01 Å². The zero-order valence-corrected chi connectivity index (χ0v) is 9.93. The summed E-state index contributed by atoms with van der Waals surface area (Å²) in [6.45, 7) is 3.65. The number of esters is 1. The van der Waals surface area contributed by atoms with Crippen LogP contribution in [0.5, 0.6) is 0 Å². The molecule has 1 N–H and O–H groups in total. The molecular formula is C10H13F3N2O3. The summed E-state index contributed by atoms with van der Waals surface area (Å²) in [6.07, 6.45) is -4.09. The van der Waals surface area contributed by atoms with Crippen LogP contribution in [0.3, 0.4) is 0 Å². The highest BCUT2D eigenvalue weighted by molar-refractivity contribution is 5.88. The third kappa shape index (κ3) is 3.38. The molecule has 1 rings (SSSR count). The monoisotopic (exact) mass is 266 g/mol. The van der Waals surface area contributed by atoms with Crippen molar-refractivity contribution in [2.75, 3.05) is 18.5 Å². The molecule has 0 aliphatic rings. The molecule has 1 aromatic rings. The van der Waals surface area contributed by atoms with Gasteiger partial charge >= 0.3 is 12.1 Å². The van der Waals surface area contributed by atoms with E-state index in [1.165, 1.54) is 6.92 Å². The average molecular weight is 266 g/mol. The number of aromatic nitrogens is 1. The van der Waals surface area contributed by atoms with Crippen molar-refractivity contribution in [1.29, 1.82) is 0 Å². The lowest BCUT2D eigenvalue weighted by Crippen LogP contribution is -2.14. The number of halogens is 3. The number of carbonyl (C=O) groups is 1. The van der Waals surface area contributed by atoms with Crippen molar-refractivity contribution < 1.29 is 27.1 Å². The lowest BCUT2D eigenvalue weighted by atomic mass is 10.3. The van der Waals surface area contributed by atoms with E-state index in [4.69, 9.17) is 4.42 Å². The molecule has 0 fully saturated rings. The van der Waals surface area contributed by atoms with Crippen LogP contribution in [0.1, 0.15) is 36.5 Å². The van der Waals surface area contributed by atoms with Gasteiger partial charge in [-0.1, -0.05) is 6.92 Å². The molecule has 5 nitrogen and oxygen atoms in total. The SMILES string of the molecule is CCCNc1nc(C(F)(F)F)c(C(=O)OCC)o1. The number of ether oxygens (including phenoxy) is 1. The molecule has 0 spiro atoms. The van der Waals surface area contributed by atoms with Crippen LogP contribution >= 0.6 is 0 Å². The molecule has 0 bridgehead atoms. The largest absolute Gasteiger partial charge is 0.460 e. The third-order valence-corrected chi connectivity index (χ3v) is 1.88. The van der Waals surface area contributed by atoms with E-state index in [0.717, 1.165) is 0 Å². The number of anilines is 1. The van der Waals surface area contributed by atoms with Crippen molar-refractivity contribution in [2.45, 2.75) is 26.4 Å². The maximum absolute atomic E-state index is 12.6. The highest BCUT2D eigenvalue weighted by Crippen LogP contribution is 2.33. The summed E-state index contributed by atoms with van der Waals surface area (Å²) in [5.74, 6) is -2.11. The molecule has 0 saturated carbocycles. The smallest absolute Gasteiger partial charge is 0.437 e. The fourth-order valence-electron chi connectivity index (χ4n) is 1.15. The van der Waals surface area contributed by atoms with Crippen molar-refractivity contribution in [3.05, 3.63) is 11.5 Å². The van der Waals surface area contributed by atoms with Crippen molar-refractivity contribution in [3.8, 4) is 0 Å². The number of hydrogen-bond donors (Lipinski definition) is 1. The second-order valence-electron chi connectivity index (χ2n) is 3.34. The fourth-order valence-corrected chi connectivity index (χ4v) is 1.15. The molecule has 0 unspecified atom stereocenters. The Morgan fingerprint density at radius 2 is 2.11 bits per heavy atom. The number of hydrogen-bond acceptors (Lipinski definition) is 5. The van der Waals surface area contributed by atoms with Gasteiger partial charge in [0.1, 0.15) is 0 Å². The standard InChI is InChI=1S/C10H13F3N2O3/c1-3-5-14-9-15-7(10(11,12)13)6(18-9)8(16)17-4-2/h3-5H2,1-2H3,(H,14,15). The van der Waals surface area contributed by atoms with Crippen LogP contribution in [0, 0.1) is 0 Å². The predicted molar refractivity (Wildman–Crippen MR) is 56.2 cm³/mol. The van der Waals surface area contributed by atoms with E-state index in [2.05, 4.69) is 15.0 Å². The van der Waals surface area contributed by atoms with E-state index in [1.54, 1.807) is 0 Å². The van der Waals surface area contributed by atoms with Gasteiger partial charge < -0.3 is 14.5 Å². The summed E-state index contributed by atoms with van der Waals surface area (Å²) in [4.78, 5) is 14.5. The Balaban J connectivity index is 3.05. The predicted octanol–water partition coefficient (Wildman–Crippen LogP) is 2.69. The Labute approximate surface area is 101 Å². The van der Waals surface area contributed by atoms with Crippen LogP contribution < -0.4 is 5.32 Å². The molecule has 0 aromatic carbocycles. The number of nitrogens with one attached hydrogen (secondary N) is 1. The van der Waals surface area contributed by atoms with E-state index in [9.17, 15) is 18.0 Å². The van der Waals surface area contributed by atoms with E-state index in [0.29, 0.717) is 13.0 Å². The van der Waals surface area contributed by atoms with Crippen LogP contribution in [0.15, 0.2) is 4.42 Å². The van der Waals surface area contributed by atoms with E-state index in [1.807, 2.05) is 6.92 Å². The van der Waals surface area contributed by atoms with Crippen molar-refractivity contribution >= 4 is 12.0 Å². The van der Waals surface area contributed by atoms with Gasteiger partial charge in [0.05, 0.1) is 6.61 Å². The van der Waals surface area contributed by atoms with Crippen molar-refractivity contribution in [3.63, 3.8) is 0 Å². The van der Waals surface area contributed by atoms with Gasteiger partial charge in [-0.05, 0) is 13.3 Å². The summed E-state index contributed by atoms with van der Waals surface area (Å²) in [7, 11) is 0. The Hall–Kier alpha value is -1.73. The van der Waals surface area contributed by atoms with Gasteiger partial charge in [0, 0.05) is 6.54 Å². The van der Waals surface area contributed by atoms with Gasteiger partial charge in [0.15, 0.2) is 5.69 Å². The zero-order valence-electron chi connectivity index (χ0n) is 9.93. The minimum atomic E-state index is -4.77. The molecule has 1 heterocycles. The molecule has 0 atom stereocenters. The first-order chi connectivity index (χ1) is 8.40. The third-order valence-electron chi connectivity index (χ3n) is 1.88. The molecule has 0 saturated heterocycles. The minimum Gasteiger partial charge on any atom is -0.460 e. The maximum atomic E-state index is 12.6. The van der Waals surface area contributed by atoms with Crippen LogP contribution in [-0.2, 0) is 10.9 Å². The Bertz CT molecular complexity index is 415. The number of carbonyl (C=O) groups excluding carboxylic acids is 1. The summed E-state index contributed by atoms with van der Waals surface area (Å²) < 4.78 is 47.1. The number of nitrogens with zero attached hydrogens (tertiary/aromatic N) is 1. The highest BCUT2D eigenvalue weighted by atomic mass is 19.4. The summed E-state index contributed by atoms with van der Waals surface area (Å²) in [6, 6.07) is -0.341. The molecule has 0 amide bonds. The first kappa shape index (κ1) is 14.3. The normalized spacial score (nSPS) is 11.4. The summed E-state index contributed by atoms with van der Waals surface area (Å²) >= 11 is 0. The average Bonchev–Trinajstić information content (AvgIpc) is 2.70. The zero-order chi connectivity index (χ0) is 13.8. The van der Waals surface area contributed by atoms with Crippen LogP contribution in [-0.4, -0.2) is 24.1 Å². The van der Waals surface area contributed by atoms with Crippen molar-refractivity contribution in [1.82, 2.24) is 4.98 Å². The second kappa shape index (κ2) is 5.74. The Kier molecular flexibility index (Phi) is 4.57. The lowest BCUT2D eigenvalue weighted by molar-refractivity contribution is -0.141. The van der Waals surface area contributed by atoms with Gasteiger partial charge in [-0.3, -0.25) is 0 Å². The van der Waals surface area contributed by atoms with Gasteiger partial charge in [-0.25, -0.2) is 4.79 Å². The number of rotatable bonds is 5. The van der Waals surface area contributed by atoms with Gasteiger partial charge in [-0.2, -0.15) is 18.2 Å². The first-order valence-corrected chi connectivity index (χ1v) is 5.39. The van der Waals surface area contributed by atoms with Crippen LogP contribution in [0.4, 0.5) is 19.2 Å². The Morgan fingerprint density at radius 3 is 2.61 bits per heavy atom. The first-order valence-electron chi connectivity index (χ1n) is 5.39. The topological polar surface area (TPSA) is 64.4 Å². The molecule has 0 aliphatic heterocycles. The second-order valence-corrected chi connectivity index (χ2v) is 3.34. The fraction of sp³-hybridized carbons (Fsp3) is 0.600. The van der Waals surface area contributed by atoms with E-state index >= 15 is 0 Å². The Morgan fingerprint density at radius 1 is 1.44 bits per heavy atom. The molecule has 1 aromatic heterocycles. The highest BCUT2D eigenvalue weighted by Gasteiger charge is 2.41. The molecule has 0 radical (unpaired) electrons. The molecule has 8 heteroatoms. The summed E-state index contributed by atoms with van der Waals surface area (Å²) in [5.41, 5.74) is -1.38. The van der Waals surface area contributed by atoms with Crippen molar-refractivity contribution in [2.24, 2.45) is 0 Å². The molecular weight excluding hydrogens is 253 g/mol. The number of oxazole rings is 1. The van der Waals surface area contributed by atoms with Gasteiger partial charge in [0.2, 0.25) is 5.76 Å². The molecule has 102 valence electrons. The molecule has 18 heavy (non-hydrogen) atoms. The van der Waals surface area contributed by atoms with Crippen LogP contribution in [0.2, 0.25) is 0 Å². The number of alkyl halides is 3. The quantitative estimate of drug-likeness (QED) is 0.830.